The number of nitro groups is 1. The average molecular weight is 638 g/mol. The van der Waals surface area contributed by atoms with Gasteiger partial charge in [0.2, 0.25) is 0 Å². The van der Waals surface area contributed by atoms with Gasteiger partial charge < -0.3 is 18.9 Å². The van der Waals surface area contributed by atoms with Gasteiger partial charge in [0.1, 0.15) is 12.2 Å². The van der Waals surface area contributed by atoms with Gasteiger partial charge in [-0.2, -0.15) is 0 Å². The number of barbiturate groups is 1. The molecule has 0 radical (unpaired) electrons. The molecule has 12 nitrogen and oxygen atoms in total. The quantitative estimate of drug-likeness (QED) is 0.0962. The molecular weight excluding hydrogens is 606 g/mol. The van der Waals surface area contributed by atoms with Crippen LogP contribution in [0, 0.1) is 10.1 Å². The number of imide groups is 2. The van der Waals surface area contributed by atoms with E-state index in [0.29, 0.717) is 41.4 Å². The van der Waals surface area contributed by atoms with Crippen LogP contribution in [-0.2, 0) is 22.7 Å². The fraction of sp³-hybridized carbons (Fsp3) is 0.281. The molecule has 0 saturated carbocycles. The highest BCUT2D eigenvalue weighted by molar-refractivity contribution is 6.33. The first-order valence-electron chi connectivity index (χ1n) is 14.2. The van der Waals surface area contributed by atoms with Crippen LogP contribution in [0.4, 0.5) is 10.5 Å². The normalized spacial score (nSPS) is 13.9. The van der Waals surface area contributed by atoms with E-state index < -0.39 is 22.8 Å². The largest absolute Gasteiger partial charge is 0.490 e. The zero-order chi connectivity index (χ0) is 32.5. The lowest BCUT2D eigenvalue weighted by molar-refractivity contribution is -0.384. The second kappa shape index (κ2) is 15.1. The maximum absolute atomic E-state index is 13.5. The van der Waals surface area contributed by atoms with Gasteiger partial charge >= 0.3 is 6.03 Å². The molecule has 0 spiro atoms. The van der Waals surface area contributed by atoms with Crippen LogP contribution in [0.25, 0.3) is 6.08 Å². The van der Waals surface area contributed by atoms with E-state index in [2.05, 4.69) is 5.32 Å². The Labute approximate surface area is 264 Å². The van der Waals surface area contributed by atoms with E-state index in [1.807, 2.05) is 13.8 Å². The molecule has 236 valence electrons. The summed E-state index contributed by atoms with van der Waals surface area (Å²) in [7, 11) is 0. The topological polar surface area (TPSA) is 147 Å². The lowest BCUT2D eigenvalue weighted by Gasteiger charge is -2.26. The highest BCUT2D eigenvalue weighted by Gasteiger charge is 2.36. The number of nitrogens with zero attached hydrogens (tertiary/aromatic N) is 2. The van der Waals surface area contributed by atoms with Gasteiger partial charge in [-0.05, 0) is 79.4 Å². The zero-order valence-electron chi connectivity index (χ0n) is 25.0. The molecule has 0 aliphatic carbocycles. The maximum Gasteiger partial charge on any atom is 0.331 e. The van der Waals surface area contributed by atoms with Crippen molar-refractivity contribution < 1.29 is 38.3 Å². The predicted octanol–water partition coefficient (Wildman–Crippen LogP) is 6.08. The third kappa shape index (κ3) is 8.09. The molecule has 0 bridgehead atoms. The van der Waals surface area contributed by atoms with E-state index in [9.17, 15) is 24.5 Å². The number of hydrogen-bond acceptors (Lipinski definition) is 9. The summed E-state index contributed by atoms with van der Waals surface area (Å²) in [5, 5.41) is 13.3. The lowest BCUT2D eigenvalue weighted by atomic mass is 10.1. The van der Waals surface area contributed by atoms with Crippen LogP contribution in [0.2, 0.25) is 5.02 Å². The molecule has 1 saturated heterocycles. The number of amides is 4. The first-order chi connectivity index (χ1) is 21.6. The monoisotopic (exact) mass is 637 g/mol. The average Bonchev–Trinajstić information content (AvgIpc) is 3.01. The number of non-ortho nitro benzene ring substituents is 1. The summed E-state index contributed by atoms with van der Waals surface area (Å²) >= 11 is 6.54. The van der Waals surface area contributed by atoms with E-state index in [1.165, 1.54) is 24.3 Å². The van der Waals surface area contributed by atoms with Crippen molar-refractivity contribution in [3.05, 3.63) is 92.0 Å². The Hall–Kier alpha value is -5.10. The Morgan fingerprint density at radius 1 is 0.867 bits per heavy atom. The van der Waals surface area contributed by atoms with Gasteiger partial charge in [-0.1, -0.05) is 24.6 Å². The molecule has 1 heterocycles. The Bertz CT molecular complexity index is 1620. The summed E-state index contributed by atoms with van der Waals surface area (Å²) in [5.74, 6) is -0.146. The number of nitro benzene ring substituents is 1. The number of nitrogens with one attached hydrogen (secondary N) is 1. The summed E-state index contributed by atoms with van der Waals surface area (Å²) in [6, 6.07) is 13.2. The fourth-order valence-corrected chi connectivity index (χ4v) is 4.65. The molecule has 4 rings (SSSR count). The van der Waals surface area contributed by atoms with Crippen molar-refractivity contribution in [3.63, 3.8) is 0 Å². The number of ether oxygens (including phenoxy) is 4. The molecule has 1 fully saturated rings. The van der Waals surface area contributed by atoms with Crippen LogP contribution in [0.15, 0.2) is 60.2 Å². The molecule has 3 aromatic carbocycles. The third-order valence-electron chi connectivity index (χ3n) is 6.47. The molecule has 0 unspecified atom stereocenters. The van der Waals surface area contributed by atoms with Crippen molar-refractivity contribution in [2.75, 3.05) is 19.8 Å². The smallest absolute Gasteiger partial charge is 0.331 e. The number of halogens is 1. The van der Waals surface area contributed by atoms with Crippen molar-refractivity contribution in [1.82, 2.24) is 10.2 Å². The maximum atomic E-state index is 13.5. The van der Waals surface area contributed by atoms with Crippen molar-refractivity contribution in [2.24, 2.45) is 0 Å². The number of benzene rings is 3. The number of urea groups is 1. The van der Waals surface area contributed by atoms with Crippen molar-refractivity contribution in [1.29, 1.82) is 0 Å². The van der Waals surface area contributed by atoms with E-state index >= 15 is 0 Å². The predicted molar refractivity (Wildman–Crippen MR) is 166 cm³/mol. The Kier molecular flexibility index (Phi) is 11.0. The summed E-state index contributed by atoms with van der Waals surface area (Å²) in [6.07, 6.45) is 2.13. The van der Waals surface area contributed by atoms with E-state index in [0.717, 1.165) is 11.3 Å². The second-order valence-electron chi connectivity index (χ2n) is 9.75. The molecule has 13 heteroatoms. The Morgan fingerprint density at radius 2 is 1.56 bits per heavy atom. The molecule has 45 heavy (non-hydrogen) atoms. The molecule has 3 aromatic rings. The van der Waals surface area contributed by atoms with E-state index in [-0.39, 0.29) is 47.5 Å². The number of hydrogen-bond donors (Lipinski definition) is 1. The molecule has 0 aromatic heterocycles. The lowest BCUT2D eigenvalue weighted by Crippen LogP contribution is -2.53. The van der Waals surface area contributed by atoms with Crippen LogP contribution in [0.1, 0.15) is 43.9 Å². The van der Waals surface area contributed by atoms with Gasteiger partial charge in [-0.25, -0.2) is 4.79 Å². The van der Waals surface area contributed by atoms with Gasteiger partial charge in [0, 0.05) is 12.1 Å². The number of carbonyl (C=O) groups is 3. The van der Waals surface area contributed by atoms with Gasteiger partial charge in [-0.3, -0.25) is 29.9 Å². The number of carbonyl (C=O) groups excluding carboxylic acids is 3. The van der Waals surface area contributed by atoms with Crippen LogP contribution in [-0.4, -0.2) is 47.5 Å². The summed E-state index contributed by atoms with van der Waals surface area (Å²) in [5.41, 5.74) is 1.29. The molecule has 1 aliphatic rings. The highest BCUT2D eigenvalue weighted by atomic mass is 35.5. The second-order valence-corrected chi connectivity index (χ2v) is 10.2. The Balaban J connectivity index is 1.57. The summed E-state index contributed by atoms with van der Waals surface area (Å²) in [4.78, 5) is 50.3. The van der Waals surface area contributed by atoms with Crippen LogP contribution < -0.4 is 24.3 Å². The summed E-state index contributed by atoms with van der Waals surface area (Å²) in [6.45, 7) is 6.67. The zero-order valence-corrected chi connectivity index (χ0v) is 25.7. The molecule has 1 N–H and O–H groups in total. The molecule has 0 atom stereocenters. The van der Waals surface area contributed by atoms with E-state index in [1.54, 1.807) is 43.3 Å². The van der Waals surface area contributed by atoms with E-state index in [4.69, 9.17) is 30.5 Å². The summed E-state index contributed by atoms with van der Waals surface area (Å²) < 4.78 is 23.0. The highest BCUT2D eigenvalue weighted by Crippen LogP contribution is 2.38. The fourth-order valence-electron chi connectivity index (χ4n) is 4.38. The van der Waals surface area contributed by atoms with Crippen molar-refractivity contribution in [3.8, 4) is 23.0 Å². The van der Waals surface area contributed by atoms with Gasteiger partial charge in [-0.15, -0.1) is 0 Å². The molecule has 1 aliphatic heterocycles. The first kappa shape index (κ1) is 32.8. The minimum Gasteiger partial charge on any atom is -0.490 e. The van der Waals surface area contributed by atoms with Crippen LogP contribution in [0.3, 0.4) is 0 Å². The standard InChI is InChI=1S/C32H32ClN3O9/c1-4-13-44-26-12-9-21(16-27(26)42-5-2)18-35-31(38)24(30(37)34-32(35)39)14-22-15-25(33)29(28(17-22)43-6-3)45-19-20-7-10-23(11-8-20)36(40)41/h7-12,14-17H,4-6,13,18-19H2,1-3H3,(H,34,37,39)/b24-14+. The van der Waals surface area contributed by atoms with Crippen LogP contribution in [0.5, 0.6) is 23.0 Å². The van der Waals surface area contributed by atoms with Crippen molar-refractivity contribution >= 4 is 41.2 Å². The van der Waals surface area contributed by atoms with Gasteiger partial charge in [0.15, 0.2) is 23.0 Å². The minimum atomic E-state index is -0.854. The molecule has 4 amide bonds. The van der Waals surface area contributed by atoms with Crippen LogP contribution >= 0.6 is 11.6 Å². The first-order valence-corrected chi connectivity index (χ1v) is 14.6. The minimum absolute atomic E-state index is 0.0454. The molecular formula is C32H32ClN3O9. The van der Waals surface area contributed by atoms with Gasteiger partial charge in [0.25, 0.3) is 17.5 Å². The van der Waals surface area contributed by atoms with Gasteiger partial charge in [0.05, 0.1) is 36.3 Å². The Morgan fingerprint density at radius 3 is 2.22 bits per heavy atom. The number of rotatable bonds is 14. The third-order valence-corrected chi connectivity index (χ3v) is 6.75. The van der Waals surface area contributed by atoms with Crippen molar-refractivity contribution in [2.45, 2.75) is 40.3 Å². The SMILES string of the molecule is CCCOc1ccc(CN2C(=O)NC(=O)/C(=C\c3cc(Cl)c(OCc4ccc([N+](=O)[O-])cc4)c(OCC)c3)C2=O)cc1OCC.